The van der Waals surface area contributed by atoms with Crippen molar-refractivity contribution < 1.29 is 14.3 Å². The predicted molar refractivity (Wildman–Crippen MR) is 95.2 cm³/mol. The Balaban J connectivity index is 1.32. The smallest absolute Gasteiger partial charge is 0.222 e. The molecule has 1 amide bonds. The topological polar surface area (TPSA) is 42.0 Å². The van der Waals surface area contributed by atoms with Crippen LogP contribution in [0.2, 0.25) is 0 Å². The Morgan fingerprint density at radius 3 is 2.80 bits per heavy atom. The van der Waals surface area contributed by atoms with Gasteiger partial charge in [0, 0.05) is 39.2 Å². The van der Waals surface area contributed by atoms with Crippen molar-refractivity contribution in [3.8, 4) is 0 Å². The SMILES string of the molecule is O=C(CC[C@@H]1CCCO1)N1C[C@H]2OCCN(Cc3ccccc3)[C@H]2C1. The number of benzene rings is 1. The fraction of sp³-hybridized carbons (Fsp3) is 0.650. The maximum Gasteiger partial charge on any atom is 0.222 e. The monoisotopic (exact) mass is 344 g/mol. The van der Waals surface area contributed by atoms with Crippen LogP contribution in [-0.2, 0) is 20.8 Å². The minimum absolute atomic E-state index is 0.157. The molecule has 5 heteroatoms. The Bertz CT molecular complexity index is 574. The molecule has 25 heavy (non-hydrogen) atoms. The van der Waals surface area contributed by atoms with Gasteiger partial charge >= 0.3 is 0 Å². The Kier molecular flexibility index (Phi) is 5.34. The number of likely N-dealkylation sites (tertiary alicyclic amines) is 1. The summed E-state index contributed by atoms with van der Waals surface area (Å²) in [7, 11) is 0. The van der Waals surface area contributed by atoms with E-state index in [2.05, 4.69) is 35.2 Å². The van der Waals surface area contributed by atoms with Crippen LogP contribution in [0.25, 0.3) is 0 Å². The van der Waals surface area contributed by atoms with Crippen LogP contribution in [-0.4, -0.2) is 66.8 Å². The minimum atomic E-state index is 0.157. The lowest BCUT2D eigenvalue weighted by Crippen LogP contribution is -2.50. The van der Waals surface area contributed by atoms with Crippen molar-refractivity contribution in [1.29, 1.82) is 0 Å². The first-order valence-electron chi connectivity index (χ1n) is 9.58. The van der Waals surface area contributed by atoms with Crippen molar-refractivity contribution in [2.24, 2.45) is 0 Å². The molecular weight excluding hydrogens is 316 g/mol. The van der Waals surface area contributed by atoms with Crippen LogP contribution in [0.3, 0.4) is 0 Å². The van der Waals surface area contributed by atoms with E-state index in [1.807, 2.05) is 4.90 Å². The summed E-state index contributed by atoms with van der Waals surface area (Å²) in [6.45, 7) is 5.01. The average Bonchev–Trinajstić information content (AvgIpc) is 3.30. The van der Waals surface area contributed by atoms with Gasteiger partial charge < -0.3 is 14.4 Å². The van der Waals surface area contributed by atoms with E-state index in [-0.39, 0.29) is 12.0 Å². The van der Waals surface area contributed by atoms with Gasteiger partial charge in [-0.3, -0.25) is 9.69 Å². The fourth-order valence-corrected chi connectivity index (χ4v) is 4.29. The Labute approximate surface area is 149 Å². The molecule has 1 aromatic rings. The van der Waals surface area contributed by atoms with Gasteiger partial charge in [0.2, 0.25) is 5.91 Å². The highest BCUT2D eigenvalue weighted by atomic mass is 16.5. The van der Waals surface area contributed by atoms with Crippen molar-refractivity contribution in [3.05, 3.63) is 35.9 Å². The average molecular weight is 344 g/mol. The summed E-state index contributed by atoms with van der Waals surface area (Å²) in [5, 5.41) is 0. The summed E-state index contributed by atoms with van der Waals surface area (Å²) < 4.78 is 11.6. The second-order valence-corrected chi connectivity index (χ2v) is 7.41. The molecular formula is C20H28N2O3. The van der Waals surface area contributed by atoms with Crippen molar-refractivity contribution in [2.45, 2.75) is 50.5 Å². The third-order valence-electron chi connectivity index (χ3n) is 5.70. The summed E-state index contributed by atoms with van der Waals surface area (Å²) in [4.78, 5) is 17.1. The number of nitrogens with zero attached hydrogens (tertiary/aromatic N) is 2. The van der Waals surface area contributed by atoms with E-state index in [1.165, 1.54) is 5.56 Å². The van der Waals surface area contributed by atoms with Crippen molar-refractivity contribution in [3.63, 3.8) is 0 Å². The van der Waals surface area contributed by atoms with Crippen LogP contribution in [0.5, 0.6) is 0 Å². The summed E-state index contributed by atoms with van der Waals surface area (Å²) >= 11 is 0. The fourth-order valence-electron chi connectivity index (χ4n) is 4.29. The van der Waals surface area contributed by atoms with Crippen molar-refractivity contribution in [1.82, 2.24) is 9.80 Å². The lowest BCUT2D eigenvalue weighted by Gasteiger charge is -2.36. The first kappa shape index (κ1) is 17.0. The van der Waals surface area contributed by atoms with E-state index in [4.69, 9.17) is 9.47 Å². The van der Waals surface area contributed by atoms with Crippen LogP contribution in [0.15, 0.2) is 30.3 Å². The molecule has 0 bridgehead atoms. The molecule has 0 saturated carbocycles. The van der Waals surface area contributed by atoms with Crippen LogP contribution < -0.4 is 0 Å². The summed E-state index contributed by atoms with van der Waals surface area (Å²) in [5.74, 6) is 0.258. The van der Waals surface area contributed by atoms with Crippen molar-refractivity contribution >= 4 is 5.91 Å². The molecule has 0 N–H and O–H groups in total. The number of fused-ring (bicyclic) bond motifs is 1. The molecule has 0 radical (unpaired) electrons. The molecule has 3 heterocycles. The van der Waals surface area contributed by atoms with Crippen LogP contribution in [0, 0.1) is 0 Å². The van der Waals surface area contributed by atoms with Gasteiger partial charge in [-0.05, 0) is 24.8 Å². The molecule has 3 aliphatic rings. The van der Waals surface area contributed by atoms with Gasteiger partial charge in [-0.25, -0.2) is 0 Å². The molecule has 3 atom stereocenters. The molecule has 4 rings (SSSR count). The normalized spacial score (nSPS) is 29.8. The highest BCUT2D eigenvalue weighted by molar-refractivity contribution is 5.76. The first-order valence-corrected chi connectivity index (χ1v) is 9.58. The number of hydrogen-bond acceptors (Lipinski definition) is 4. The molecule has 0 unspecified atom stereocenters. The van der Waals surface area contributed by atoms with Gasteiger partial charge in [-0.15, -0.1) is 0 Å². The van der Waals surface area contributed by atoms with Gasteiger partial charge in [-0.1, -0.05) is 30.3 Å². The summed E-state index contributed by atoms with van der Waals surface area (Å²) in [5.41, 5.74) is 1.33. The molecule has 0 spiro atoms. The minimum Gasteiger partial charge on any atom is -0.378 e. The Hall–Kier alpha value is -1.43. The molecule has 3 saturated heterocycles. The zero-order chi connectivity index (χ0) is 17.1. The van der Waals surface area contributed by atoms with Gasteiger partial charge in [0.05, 0.1) is 24.9 Å². The highest BCUT2D eigenvalue weighted by Gasteiger charge is 2.41. The molecule has 0 aromatic heterocycles. The van der Waals surface area contributed by atoms with Crippen LogP contribution >= 0.6 is 0 Å². The summed E-state index contributed by atoms with van der Waals surface area (Å²) in [6.07, 6.45) is 4.15. The first-order chi connectivity index (χ1) is 12.3. The molecule has 3 aliphatic heterocycles. The zero-order valence-corrected chi connectivity index (χ0v) is 14.8. The number of morpholine rings is 1. The quantitative estimate of drug-likeness (QED) is 0.820. The number of carbonyl (C=O) groups is 1. The van der Waals surface area contributed by atoms with Gasteiger partial charge in [0.1, 0.15) is 0 Å². The third-order valence-corrected chi connectivity index (χ3v) is 5.70. The molecule has 3 fully saturated rings. The highest BCUT2D eigenvalue weighted by Crippen LogP contribution is 2.26. The largest absolute Gasteiger partial charge is 0.378 e. The number of ether oxygens (including phenoxy) is 2. The van der Waals surface area contributed by atoms with Gasteiger partial charge in [-0.2, -0.15) is 0 Å². The van der Waals surface area contributed by atoms with E-state index in [9.17, 15) is 4.79 Å². The molecule has 136 valence electrons. The lowest BCUT2D eigenvalue weighted by molar-refractivity contribution is -0.131. The van der Waals surface area contributed by atoms with E-state index < -0.39 is 0 Å². The van der Waals surface area contributed by atoms with Crippen LogP contribution in [0.1, 0.15) is 31.2 Å². The third kappa shape index (κ3) is 4.05. The van der Waals surface area contributed by atoms with E-state index in [1.54, 1.807) is 0 Å². The second-order valence-electron chi connectivity index (χ2n) is 7.41. The van der Waals surface area contributed by atoms with E-state index in [0.717, 1.165) is 58.7 Å². The van der Waals surface area contributed by atoms with Crippen LogP contribution in [0.4, 0.5) is 0 Å². The standard InChI is InChI=1S/C20H28N2O3/c23-20(9-8-17-7-4-11-24-17)22-14-18-19(15-22)25-12-10-21(18)13-16-5-2-1-3-6-16/h1-3,5-6,17-19H,4,7-15H2/t17-,18-,19+/m0/s1. The number of hydrogen-bond donors (Lipinski definition) is 0. The number of rotatable bonds is 5. The molecule has 5 nitrogen and oxygen atoms in total. The maximum atomic E-state index is 12.6. The maximum absolute atomic E-state index is 12.6. The lowest BCUT2D eigenvalue weighted by atomic mass is 10.1. The van der Waals surface area contributed by atoms with E-state index in [0.29, 0.717) is 18.6 Å². The predicted octanol–water partition coefficient (Wildman–Crippen LogP) is 2.06. The van der Waals surface area contributed by atoms with Crippen molar-refractivity contribution in [2.75, 3.05) is 32.8 Å². The summed E-state index contributed by atoms with van der Waals surface area (Å²) in [6, 6.07) is 10.9. The van der Waals surface area contributed by atoms with Gasteiger partial charge in [0.25, 0.3) is 0 Å². The zero-order valence-electron chi connectivity index (χ0n) is 14.8. The number of amides is 1. The number of carbonyl (C=O) groups excluding carboxylic acids is 1. The van der Waals surface area contributed by atoms with E-state index >= 15 is 0 Å². The molecule has 0 aliphatic carbocycles. The molecule has 1 aromatic carbocycles. The Morgan fingerprint density at radius 1 is 1.12 bits per heavy atom. The Morgan fingerprint density at radius 2 is 2.00 bits per heavy atom. The van der Waals surface area contributed by atoms with Gasteiger partial charge in [0.15, 0.2) is 0 Å². The second kappa shape index (κ2) is 7.85.